The van der Waals surface area contributed by atoms with E-state index in [-0.39, 0.29) is 5.54 Å². The molecule has 8 nitrogen and oxygen atoms in total. The van der Waals surface area contributed by atoms with E-state index in [1.165, 1.54) is 72.1 Å². The smallest absolute Gasteiger partial charge is 0.318 e. The molecule has 4 aliphatic heterocycles. The van der Waals surface area contributed by atoms with E-state index in [9.17, 15) is 0 Å². The summed E-state index contributed by atoms with van der Waals surface area (Å²) in [5.41, 5.74) is 6.51. The summed E-state index contributed by atoms with van der Waals surface area (Å²) in [6.07, 6.45) is 9.87. The van der Waals surface area contributed by atoms with Crippen molar-refractivity contribution in [2.45, 2.75) is 77.0 Å². The summed E-state index contributed by atoms with van der Waals surface area (Å²) < 4.78 is 8.74. The van der Waals surface area contributed by atoms with Crippen LogP contribution >= 0.6 is 0 Å². The van der Waals surface area contributed by atoms with Crippen molar-refractivity contribution in [1.29, 1.82) is 0 Å². The van der Waals surface area contributed by atoms with Gasteiger partial charge in [0.1, 0.15) is 12.4 Å². The molecule has 0 saturated carbocycles. The van der Waals surface area contributed by atoms with Gasteiger partial charge in [0.25, 0.3) is 0 Å². The van der Waals surface area contributed by atoms with Crippen LogP contribution < -0.4 is 14.5 Å². The van der Waals surface area contributed by atoms with E-state index in [4.69, 9.17) is 14.7 Å². The summed E-state index contributed by atoms with van der Waals surface area (Å²) >= 11 is 0. The van der Waals surface area contributed by atoms with Crippen LogP contribution in [0, 0.1) is 0 Å². The quantitative estimate of drug-likeness (QED) is 0.313. The minimum Gasteiger partial charge on any atom is -0.461 e. The second kappa shape index (κ2) is 10.6. The fourth-order valence-corrected chi connectivity index (χ4v) is 8.10. The van der Waals surface area contributed by atoms with Crippen LogP contribution in [-0.2, 0) is 32.5 Å². The maximum atomic E-state index is 6.60. The molecule has 6 heterocycles. The van der Waals surface area contributed by atoms with Gasteiger partial charge in [-0.25, -0.2) is 0 Å². The highest BCUT2D eigenvalue weighted by atomic mass is 16.5. The van der Waals surface area contributed by atoms with Crippen molar-refractivity contribution in [3.05, 3.63) is 71.2 Å². The van der Waals surface area contributed by atoms with E-state index < -0.39 is 0 Å². The molecule has 42 heavy (non-hydrogen) atoms. The predicted molar refractivity (Wildman–Crippen MR) is 166 cm³/mol. The van der Waals surface area contributed by atoms with Gasteiger partial charge in [0, 0.05) is 42.5 Å². The average molecular weight is 564 g/mol. The molecule has 8 rings (SSSR count). The van der Waals surface area contributed by atoms with Gasteiger partial charge in [-0.3, -0.25) is 9.58 Å². The van der Waals surface area contributed by atoms with Crippen molar-refractivity contribution >= 4 is 22.3 Å². The number of hydrogen-bond acceptors (Lipinski definition) is 7. The second-order valence-corrected chi connectivity index (χ2v) is 12.6. The van der Waals surface area contributed by atoms with Crippen molar-refractivity contribution < 1.29 is 4.74 Å². The van der Waals surface area contributed by atoms with Crippen LogP contribution in [0.25, 0.3) is 10.8 Å². The minimum absolute atomic E-state index is 0.167. The molecule has 0 amide bonds. The molecule has 0 aliphatic carbocycles. The van der Waals surface area contributed by atoms with Crippen molar-refractivity contribution in [3.63, 3.8) is 0 Å². The van der Waals surface area contributed by atoms with Gasteiger partial charge < -0.3 is 14.5 Å². The Labute approximate surface area is 248 Å². The molecule has 0 N–H and O–H groups in total. The molecule has 0 unspecified atom stereocenters. The van der Waals surface area contributed by atoms with E-state index in [1.54, 1.807) is 0 Å². The Balaban J connectivity index is 1.16. The van der Waals surface area contributed by atoms with Gasteiger partial charge in [-0.05, 0) is 81.1 Å². The number of aromatic nitrogens is 4. The van der Waals surface area contributed by atoms with E-state index in [0.717, 1.165) is 63.5 Å². The minimum atomic E-state index is 0.167. The van der Waals surface area contributed by atoms with Crippen molar-refractivity contribution in [3.8, 4) is 6.01 Å². The standard InChI is InChI=1S/C34H41N7O/c1-2-25-8-3-9-26-10-4-11-30(31(25)26)38-21-13-28-29(23-38)36-33(42-24-34-14-5-18-40(34)19-6-15-34)37-32(28)39-17-7-20-41-27(22-39)12-16-35-41/h3-4,8-12,16H,2,5-7,13-15,17-24H2,1H3. The number of nitrogens with zero attached hydrogens (tertiary/aromatic N) is 7. The van der Waals surface area contributed by atoms with Crippen LogP contribution in [0.15, 0.2) is 48.7 Å². The first kappa shape index (κ1) is 26.0. The number of benzene rings is 2. The summed E-state index contributed by atoms with van der Waals surface area (Å²) in [7, 11) is 0. The first-order chi connectivity index (χ1) is 20.7. The monoisotopic (exact) mass is 563 g/mol. The summed E-state index contributed by atoms with van der Waals surface area (Å²) in [6, 6.07) is 16.1. The molecule has 2 fully saturated rings. The van der Waals surface area contributed by atoms with Gasteiger partial charge >= 0.3 is 6.01 Å². The maximum absolute atomic E-state index is 6.60. The molecule has 0 spiro atoms. The predicted octanol–water partition coefficient (Wildman–Crippen LogP) is 5.37. The number of hydrogen-bond donors (Lipinski definition) is 0. The zero-order chi connectivity index (χ0) is 28.1. The van der Waals surface area contributed by atoms with Gasteiger partial charge in [-0.1, -0.05) is 37.3 Å². The average Bonchev–Trinajstić information content (AvgIpc) is 3.71. The molecule has 8 heteroatoms. The summed E-state index contributed by atoms with van der Waals surface area (Å²) in [4.78, 5) is 18.0. The zero-order valence-corrected chi connectivity index (χ0v) is 24.8. The molecule has 2 saturated heterocycles. The lowest BCUT2D eigenvalue weighted by Gasteiger charge is -2.35. The number of ether oxygens (including phenoxy) is 1. The van der Waals surface area contributed by atoms with Crippen LogP contribution in [0.5, 0.6) is 6.01 Å². The number of aryl methyl sites for hydroxylation is 2. The van der Waals surface area contributed by atoms with Crippen molar-refractivity contribution in [2.24, 2.45) is 0 Å². The third-order valence-electron chi connectivity index (χ3n) is 10.2. The molecule has 4 aromatic rings. The lowest BCUT2D eigenvalue weighted by molar-refractivity contribution is 0.107. The summed E-state index contributed by atoms with van der Waals surface area (Å²) in [5, 5.41) is 7.24. The Kier molecular flexibility index (Phi) is 6.54. The maximum Gasteiger partial charge on any atom is 0.318 e. The van der Waals surface area contributed by atoms with E-state index in [1.807, 2.05) is 6.20 Å². The Morgan fingerprint density at radius 1 is 0.857 bits per heavy atom. The Morgan fingerprint density at radius 2 is 1.71 bits per heavy atom. The van der Waals surface area contributed by atoms with Gasteiger partial charge in [0.15, 0.2) is 0 Å². The van der Waals surface area contributed by atoms with Crippen LogP contribution in [-0.4, -0.2) is 63.0 Å². The SMILES string of the molecule is CCc1cccc2cccc(N3CCc4c(nc(OCC56CCCN5CCC6)nc4N4CCCn5nccc5C4)C3)c12. The number of rotatable bonds is 6. The largest absolute Gasteiger partial charge is 0.461 e. The highest BCUT2D eigenvalue weighted by Crippen LogP contribution is 2.40. The highest BCUT2D eigenvalue weighted by molar-refractivity contribution is 5.97. The lowest BCUT2D eigenvalue weighted by atomic mass is 9.95. The highest BCUT2D eigenvalue weighted by Gasteiger charge is 2.45. The van der Waals surface area contributed by atoms with Crippen LogP contribution in [0.1, 0.15) is 61.5 Å². The molecular formula is C34H41N7O. The molecule has 0 bridgehead atoms. The molecule has 2 aromatic carbocycles. The van der Waals surface area contributed by atoms with Gasteiger partial charge in [0.2, 0.25) is 0 Å². The molecule has 2 aromatic heterocycles. The Morgan fingerprint density at radius 3 is 2.57 bits per heavy atom. The summed E-state index contributed by atoms with van der Waals surface area (Å²) in [5.74, 6) is 1.06. The van der Waals surface area contributed by atoms with Gasteiger partial charge in [-0.15, -0.1) is 0 Å². The third-order valence-corrected chi connectivity index (χ3v) is 10.2. The lowest BCUT2D eigenvalue weighted by Crippen LogP contribution is -2.43. The van der Waals surface area contributed by atoms with Crippen molar-refractivity contribution in [1.82, 2.24) is 24.6 Å². The van der Waals surface area contributed by atoms with E-state index >= 15 is 0 Å². The normalized spacial score (nSPS) is 19.9. The fourth-order valence-electron chi connectivity index (χ4n) is 8.10. The fraction of sp³-hybridized carbons (Fsp3) is 0.500. The zero-order valence-electron chi connectivity index (χ0n) is 24.8. The van der Waals surface area contributed by atoms with Crippen molar-refractivity contribution in [2.75, 3.05) is 42.6 Å². The second-order valence-electron chi connectivity index (χ2n) is 12.6. The first-order valence-electron chi connectivity index (χ1n) is 16.0. The Bertz CT molecular complexity index is 1600. The van der Waals surface area contributed by atoms with Gasteiger partial charge in [0.05, 0.1) is 30.0 Å². The van der Waals surface area contributed by atoms with E-state index in [0.29, 0.717) is 12.6 Å². The summed E-state index contributed by atoms with van der Waals surface area (Å²) in [6.45, 7) is 9.76. The molecule has 0 radical (unpaired) electrons. The Hall–Kier alpha value is -3.65. The third kappa shape index (κ3) is 4.42. The number of anilines is 2. The molecule has 0 atom stereocenters. The number of fused-ring (bicyclic) bond motifs is 4. The van der Waals surface area contributed by atoms with E-state index in [2.05, 4.69) is 73.9 Å². The van der Waals surface area contributed by atoms with Crippen LogP contribution in [0.4, 0.5) is 11.5 Å². The molecular weight excluding hydrogens is 522 g/mol. The molecule has 218 valence electrons. The molecule has 4 aliphatic rings. The van der Waals surface area contributed by atoms with Crippen LogP contribution in [0.2, 0.25) is 0 Å². The first-order valence-corrected chi connectivity index (χ1v) is 16.0. The topological polar surface area (TPSA) is 62.6 Å². The van der Waals surface area contributed by atoms with Gasteiger partial charge in [-0.2, -0.15) is 15.1 Å². The van der Waals surface area contributed by atoms with Crippen LogP contribution in [0.3, 0.4) is 0 Å².